The van der Waals surface area contributed by atoms with Gasteiger partial charge in [0.2, 0.25) is 5.91 Å². The molecule has 0 radical (unpaired) electrons. The van der Waals surface area contributed by atoms with Crippen molar-refractivity contribution in [3.63, 3.8) is 0 Å². The van der Waals surface area contributed by atoms with Gasteiger partial charge in [0.15, 0.2) is 12.1 Å². The fourth-order valence-corrected chi connectivity index (χ4v) is 3.79. The molecule has 2 aromatic carbocycles. The van der Waals surface area contributed by atoms with Gasteiger partial charge in [0.1, 0.15) is 17.2 Å². The molecule has 1 saturated heterocycles. The van der Waals surface area contributed by atoms with Gasteiger partial charge in [0.05, 0.1) is 17.3 Å². The van der Waals surface area contributed by atoms with E-state index in [0.29, 0.717) is 36.4 Å². The number of amidine groups is 1. The van der Waals surface area contributed by atoms with Crippen LogP contribution in [0.5, 0.6) is 11.5 Å². The number of carbonyl (C=O) groups excluding carboxylic acids is 2. The maximum atomic E-state index is 12.1. The van der Waals surface area contributed by atoms with Crippen LogP contribution < -0.4 is 21.6 Å². The van der Waals surface area contributed by atoms with Crippen LogP contribution in [0.1, 0.15) is 18.4 Å². The van der Waals surface area contributed by atoms with E-state index < -0.39 is 0 Å². The summed E-state index contributed by atoms with van der Waals surface area (Å²) in [5.74, 6) is 1.20. The van der Waals surface area contributed by atoms with E-state index in [1.165, 1.54) is 6.08 Å². The Balaban J connectivity index is 1.94. The van der Waals surface area contributed by atoms with Crippen LogP contribution in [0, 0.1) is 0 Å². The SMILES string of the molecule is C=CC(=O)N1CCCC(N=C(C=O)C(=C(N)c2ccc(Oc3ccccc3)cc2)/C(N)=N\NC)C1. The Kier molecular flexibility index (Phi) is 8.77. The molecule has 35 heavy (non-hydrogen) atoms. The lowest BCUT2D eigenvalue weighted by atomic mass is 10.0. The molecule has 1 unspecified atom stereocenters. The van der Waals surface area contributed by atoms with E-state index in [2.05, 4.69) is 22.1 Å². The monoisotopic (exact) mass is 474 g/mol. The van der Waals surface area contributed by atoms with E-state index in [9.17, 15) is 9.59 Å². The summed E-state index contributed by atoms with van der Waals surface area (Å²) in [5, 5.41) is 4.03. The van der Waals surface area contributed by atoms with Gasteiger partial charge < -0.3 is 26.5 Å². The predicted octanol–water partition coefficient (Wildman–Crippen LogP) is 2.46. The molecule has 2 aromatic rings. The van der Waals surface area contributed by atoms with Crippen molar-refractivity contribution in [1.29, 1.82) is 0 Å². The maximum absolute atomic E-state index is 12.1. The van der Waals surface area contributed by atoms with Gasteiger partial charge in [0, 0.05) is 20.1 Å². The fourth-order valence-electron chi connectivity index (χ4n) is 3.79. The first-order valence-corrected chi connectivity index (χ1v) is 11.2. The molecule has 0 spiro atoms. The Morgan fingerprint density at radius 3 is 2.46 bits per heavy atom. The van der Waals surface area contributed by atoms with Gasteiger partial charge in [-0.05, 0) is 60.9 Å². The first-order valence-electron chi connectivity index (χ1n) is 11.2. The van der Waals surface area contributed by atoms with Crippen molar-refractivity contribution < 1.29 is 14.3 Å². The minimum atomic E-state index is -0.278. The lowest BCUT2D eigenvalue weighted by Gasteiger charge is -2.30. The number of carbonyl (C=O) groups is 2. The van der Waals surface area contributed by atoms with Gasteiger partial charge in [-0.2, -0.15) is 5.10 Å². The van der Waals surface area contributed by atoms with Gasteiger partial charge >= 0.3 is 0 Å². The Hall–Kier alpha value is -4.40. The van der Waals surface area contributed by atoms with E-state index >= 15 is 0 Å². The number of likely N-dealkylation sites (tertiary alicyclic amines) is 1. The van der Waals surface area contributed by atoms with Crippen LogP contribution >= 0.6 is 0 Å². The summed E-state index contributed by atoms with van der Waals surface area (Å²) >= 11 is 0. The third-order valence-corrected chi connectivity index (χ3v) is 5.47. The van der Waals surface area contributed by atoms with Crippen LogP contribution in [0.25, 0.3) is 5.70 Å². The number of nitrogens with zero attached hydrogens (tertiary/aromatic N) is 3. The van der Waals surface area contributed by atoms with Gasteiger partial charge in [-0.15, -0.1) is 0 Å². The van der Waals surface area contributed by atoms with E-state index in [-0.39, 0.29) is 34.8 Å². The van der Waals surface area contributed by atoms with Crippen LogP contribution in [0.3, 0.4) is 0 Å². The molecule has 1 fully saturated rings. The highest BCUT2D eigenvalue weighted by Gasteiger charge is 2.24. The van der Waals surface area contributed by atoms with Crippen LogP contribution in [-0.2, 0) is 9.59 Å². The summed E-state index contributed by atoms with van der Waals surface area (Å²) in [6.45, 7) is 4.54. The average Bonchev–Trinajstić information content (AvgIpc) is 2.89. The second kappa shape index (κ2) is 12.2. The largest absolute Gasteiger partial charge is 0.457 e. The number of ether oxygens (including phenoxy) is 1. The Labute approximate surface area is 204 Å². The number of hydrazone groups is 1. The van der Waals surface area contributed by atoms with Gasteiger partial charge in [-0.3, -0.25) is 14.6 Å². The molecule has 1 heterocycles. The number of hydrogen-bond acceptors (Lipinski definition) is 7. The number of para-hydroxylation sites is 1. The molecular formula is C26H30N6O3. The van der Waals surface area contributed by atoms with Crippen molar-refractivity contribution in [2.75, 3.05) is 20.1 Å². The van der Waals surface area contributed by atoms with Crippen molar-refractivity contribution in [2.24, 2.45) is 21.6 Å². The first-order chi connectivity index (χ1) is 17.0. The highest BCUT2D eigenvalue weighted by Crippen LogP contribution is 2.24. The molecule has 0 aromatic heterocycles. The lowest BCUT2D eigenvalue weighted by Crippen LogP contribution is -2.41. The second-order valence-corrected chi connectivity index (χ2v) is 7.87. The van der Waals surface area contributed by atoms with E-state index in [0.717, 1.165) is 12.8 Å². The number of nitrogens with two attached hydrogens (primary N) is 2. The molecule has 0 bridgehead atoms. The number of amides is 1. The summed E-state index contributed by atoms with van der Waals surface area (Å²) in [5.41, 5.74) is 16.4. The molecule has 182 valence electrons. The first kappa shape index (κ1) is 25.2. The molecule has 1 amide bonds. The molecule has 1 aliphatic heterocycles. The molecule has 5 N–H and O–H groups in total. The fraction of sp³-hybridized carbons (Fsp3) is 0.231. The van der Waals surface area contributed by atoms with Crippen molar-refractivity contribution in [3.8, 4) is 11.5 Å². The number of benzene rings is 2. The summed E-state index contributed by atoms with van der Waals surface area (Å²) < 4.78 is 5.83. The molecule has 0 aliphatic carbocycles. The van der Waals surface area contributed by atoms with Gasteiger partial charge in [-0.1, -0.05) is 24.8 Å². The minimum Gasteiger partial charge on any atom is -0.457 e. The Morgan fingerprint density at radius 1 is 1.14 bits per heavy atom. The quantitative estimate of drug-likeness (QED) is 0.168. The number of hydrogen-bond donors (Lipinski definition) is 3. The standard InChI is InChI=1S/C26H30N6O3/c1-3-23(34)32-15-7-8-19(16-32)30-22(17-33)24(26(28)31-29-2)25(27)18-11-13-21(14-12-18)35-20-9-5-4-6-10-20/h3-6,9-14,17,19,29H,1,7-8,15-16,27H2,2H3,(H2,28,31). The second-order valence-electron chi connectivity index (χ2n) is 7.87. The van der Waals surface area contributed by atoms with Crippen LogP contribution in [-0.4, -0.2) is 54.8 Å². The molecular weight excluding hydrogens is 444 g/mol. The van der Waals surface area contributed by atoms with E-state index in [4.69, 9.17) is 16.2 Å². The summed E-state index contributed by atoms with van der Waals surface area (Å²) in [4.78, 5) is 30.4. The van der Waals surface area contributed by atoms with Crippen molar-refractivity contribution >= 4 is 29.4 Å². The highest BCUT2D eigenvalue weighted by molar-refractivity contribution is 6.46. The zero-order valence-electron chi connectivity index (χ0n) is 19.7. The number of piperidine rings is 1. The maximum Gasteiger partial charge on any atom is 0.246 e. The topological polar surface area (TPSA) is 135 Å². The third kappa shape index (κ3) is 6.57. The molecule has 1 aliphatic rings. The summed E-state index contributed by atoms with van der Waals surface area (Å²) in [7, 11) is 1.59. The normalized spacial score (nSPS) is 17.3. The van der Waals surface area contributed by atoms with Gasteiger partial charge in [0.25, 0.3) is 0 Å². The van der Waals surface area contributed by atoms with Crippen LogP contribution in [0.2, 0.25) is 0 Å². The highest BCUT2D eigenvalue weighted by atomic mass is 16.5. The summed E-state index contributed by atoms with van der Waals surface area (Å²) in [6, 6.07) is 16.2. The third-order valence-electron chi connectivity index (χ3n) is 5.47. The smallest absolute Gasteiger partial charge is 0.246 e. The lowest BCUT2D eigenvalue weighted by molar-refractivity contribution is -0.127. The molecule has 0 saturated carbocycles. The zero-order valence-corrected chi connectivity index (χ0v) is 19.7. The Bertz CT molecular complexity index is 1140. The minimum absolute atomic E-state index is 0.0234. The molecule has 1 atom stereocenters. The molecule has 9 heteroatoms. The predicted molar refractivity (Wildman–Crippen MR) is 138 cm³/mol. The number of nitrogens with one attached hydrogen (secondary N) is 1. The summed E-state index contributed by atoms with van der Waals surface area (Å²) in [6.07, 6.45) is 3.37. The number of rotatable bonds is 9. The zero-order chi connectivity index (χ0) is 25.2. The molecule has 9 nitrogen and oxygen atoms in total. The van der Waals surface area contributed by atoms with Crippen molar-refractivity contribution in [3.05, 3.63) is 78.4 Å². The van der Waals surface area contributed by atoms with Crippen molar-refractivity contribution in [2.45, 2.75) is 18.9 Å². The van der Waals surface area contributed by atoms with E-state index in [1.54, 1.807) is 36.2 Å². The number of aldehydes is 1. The van der Waals surface area contributed by atoms with Crippen LogP contribution in [0.4, 0.5) is 0 Å². The number of aliphatic imine (C=N–C) groups is 1. The molecule has 3 rings (SSSR count). The average molecular weight is 475 g/mol. The van der Waals surface area contributed by atoms with E-state index in [1.807, 2.05) is 30.3 Å². The Morgan fingerprint density at radius 2 is 1.83 bits per heavy atom. The van der Waals surface area contributed by atoms with Gasteiger partial charge in [-0.25, -0.2) is 0 Å². The van der Waals surface area contributed by atoms with Crippen molar-refractivity contribution in [1.82, 2.24) is 10.3 Å². The van der Waals surface area contributed by atoms with Crippen LogP contribution in [0.15, 0.2) is 82.9 Å².